The van der Waals surface area contributed by atoms with Gasteiger partial charge in [0.1, 0.15) is 10.7 Å². The fourth-order valence-electron chi connectivity index (χ4n) is 2.04. The van der Waals surface area contributed by atoms with Crippen molar-refractivity contribution < 1.29 is 14.8 Å². The Labute approximate surface area is 109 Å². The Morgan fingerprint density at radius 3 is 3.06 bits per heavy atom. The lowest BCUT2D eigenvalue weighted by molar-refractivity contribution is -0.384. The Kier molecular flexibility index (Phi) is 4.00. The summed E-state index contributed by atoms with van der Waals surface area (Å²) in [5.74, 6) is 0. The molecule has 0 spiro atoms. The third-order valence-electron chi connectivity index (χ3n) is 2.90. The lowest BCUT2D eigenvalue weighted by Crippen LogP contribution is -2.47. The van der Waals surface area contributed by atoms with E-state index in [-0.39, 0.29) is 23.4 Å². The molecule has 1 aliphatic heterocycles. The van der Waals surface area contributed by atoms with E-state index in [1.807, 2.05) is 0 Å². The van der Waals surface area contributed by atoms with Crippen molar-refractivity contribution in [3.8, 4) is 0 Å². The highest BCUT2D eigenvalue weighted by Gasteiger charge is 2.29. The molecular formula is C11H13ClN2O4. The van der Waals surface area contributed by atoms with Crippen LogP contribution in [0.4, 0.5) is 11.4 Å². The number of hydrogen-bond donors (Lipinski definition) is 1. The van der Waals surface area contributed by atoms with Gasteiger partial charge in [-0.1, -0.05) is 17.7 Å². The summed E-state index contributed by atoms with van der Waals surface area (Å²) < 4.78 is 5.25. The zero-order valence-corrected chi connectivity index (χ0v) is 10.3. The number of aliphatic hydroxyl groups is 1. The molecule has 7 heteroatoms. The molecule has 98 valence electrons. The molecule has 0 amide bonds. The molecule has 1 aromatic rings. The minimum absolute atomic E-state index is 0.0979. The van der Waals surface area contributed by atoms with Crippen molar-refractivity contribution in [2.45, 2.75) is 6.04 Å². The van der Waals surface area contributed by atoms with Gasteiger partial charge in [0.25, 0.3) is 0 Å². The molecule has 1 aliphatic rings. The Bertz CT molecular complexity index is 455. The number of hydrogen-bond acceptors (Lipinski definition) is 5. The van der Waals surface area contributed by atoms with Gasteiger partial charge in [0.15, 0.2) is 0 Å². The van der Waals surface area contributed by atoms with Crippen molar-refractivity contribution >= 4 is 23.0 Å². The fraction of sp³-hybridized carbons (Fsp3) is 0.455. The minimum Gasteiger partial charge on any atom is -0.394 e. The van der Waals surface area contributed by atoms with E-state index in [1.165, 1.54) is 6.07 Å². The molecule has 0 saturated carbocycles. The number of nitrogens with zero attached hydrogens (tertiary/aromatic N) is 2. The average molecular weight is 273 g/mol. The van der Waals surface area contributed by atoms with Gasteiger partial charge in [-0.25, -0.2) is 0 Å². The van der Waals surface area contributed by atoms with E-state index >= 15 is 0 Å². The third-order valence-corrected chi connectivity index (χ3v) is 3.20. The summed E-state index contributed by atoms with van der Waals surface area (Å²) in [4.78, 5) is 12.4. The minimum atomic E-state index is -0.498. The van der Waals surface area contributed by atoms with E-state index in [9.17, 15) is 15.2 Å². The average Bonchev–Trinajstić information content (AvgIpc) is 2.38. The first-order valence-corrected chi connectivity index (χ1v) is 5.91. The first kappa shape index (κ1) is 13.1. The van der Waals surface area contributed by atoms with Crippen molar-refractivity contribution in [1.29, 1.82) is 0 Å². The van der Waals surface area contributed by atoms with E-state index in [2.05, 4.69) is 0 Å². The predicted molar refractivity (Wildman–Crippen MR) is 67.1 cm³/mol. The highest BCUT2D eigenvalue weighted by Crippen LogP contribution is 2.36. The molecular weight excluding hydrogens is 260 g/mol. The molecule has 2 rings (SSSR count). The number of rotatable bonds is 3. The molecule has 6 nitrogen and oxygen atoms in total. The van der Waals surface area contributed by atoms with Crippen molar-refractivity contribution in [2.75, 3.05) is 31.3 Å². The number of nitro benzene ring substituents is 1. The van der Waals surface area contributed by atoms with Crippen LogP contribution in [0.2, 0.25) is 5.02 Å². The normalized spacial score (nSPS) is 19.9. The molecule has 1 unspecified atom stereocenters. The van der Waals surface area contributed by atoms with Gasteiger partial charge < -0.3 is 14.7 Å². The van der Waals surface area contributed by atoms with Gasteiger partial charge in [0.05, 0.1) is 30.8 Å². The van der Waals surface area contributed by atoms with E-state index in [0.717, 1.165) is 0 Å². The molecule has 1 atom stereocenters. The molecule has 1 heterocycles. The van der Waals surface area contributed by atoms with Gasteiger partial charge >= 0.3 is 5.69 Å². The van der Waals surface area contributed by atoms with Crippen LogP contribution in [0.15, 0.2) is 18.2 Å². The number of nitro groups is 1. The second-order valence-corrected chi connectivity index (χ2v) is 4.38. The Balaban J connectivity index is 2.42. The summed E-state index contributed by atoms with van der Waals surface area (Å²) in [6, 6.07) is 4.50. The Hall–Kier alpha value is -1.37. The highest BCUT2D eigenvalue weighted by molar-refractivity contribution is 6.33. The molecule has 1 aromatic carbocycles. The molecule has 0 bridgehead atoms. The van der Waals surface area contributed by atoms with Gasteiger partial charge in [-0.05, 0) is 12.1 Å². The van der Waals surface area contributed by atoms with Gasteiger partial charge in [-0.15, -0.1) is 0 Å². The molecule has 1 N–H and O–H groups in total. The molecule has 0 radical (unpaired) electrons. The van der Waals surface area contributed by atoms with Crippen LogP contribution < -0.4 is 4.90 Å². The number of anilines is 1. The molecule has 1 saturated heterocycles. The highest BCUT2D eigenvalue weighted by atomic mass is 35.5. The van der Waals surface area contributed by atoms with Crippen molar-refractivity contribution in [1.82, 2.24) is 0 Å². The number of halogens is 1. The first-order valence-electron chi connectivity index (χ1n) is 5.53. The maximum absolute atomic E-state index is 11.1. The van der Waals surface area contributed by atoms with Crippen LogP contribution in [0.25, 0.3) is 0 Å². The Morgan fingerprint density at radius 1 is 1.61 bits per heavy atom. The molecule has 0 aromatic heterocycles. The van der Waals surface area contributed by atoms with Crippen LogP contribution >= 0.6 is 11.6 Å². The van der Waals surface area contributed by atoms with Crippen LogP contribution in [0.3, 0.4) is 0 Å². The topological polar surface area (TPSA) is 75.8 Å². The quantitative estimate of drug-likeness (QED) is 0.666. The number of ether oxygens (including phenoxy) is 1. The summed E-state index contributed by atoms with van der Waals surface area (Å²) in [6.45, 7) is 1.19. The van der Waals surface area contributed by atoms with Crippen molar-refractivity contribution in [2.24, 2.45) is 0 Å². The van der Waals surface area contributed by atoms with Crippen molar-refractivity contribution in [3.05, 3.63) is 33.3 Å². The number of para-hydroxylation sites is 1. The summed E-state index contributed by atoms with van der Waals surface area (Å²) >= 11 is 5.87. The summed E-state index contributed by atoms with van der Waals surface area (Å²) in [5.41, 5.74) is 0.300. The summed E-state index contributed by atoms with van der Waals surface area (Å²) in [5, 5.41) is 20.5. The zero-order valence-electron chi connectivity index (χ0n) is 9.58. The maximum Gasteiger partial charge on any atom is 0.310 e. The standard InChI is InChI=1S/C11H13ClN2O4/c12-9-2-1-3-10(11(9)14(16)17)13-4-5-18-7-8(13)6-15/h1-3,8,15H,4-7H2. The molecule has 0 aliphatic carbocycles. The lowest BCUT2D eigenvalue weighted by atomic mass is 10.1. The second-order valence-electron chi connectivity index (χ2n) is 3.97. The first-order chi connectivity index (χ1) is 8.65. The molecule has 1 fully saturated rings. The SMILES string of the molecule is O=[N+]([O-])c1c(Cl)cccc1N1CCOCC1CO. The number of benzene rings is 1. The third kappa shape index (κ3) is 2.40. The Morgan fingerprint density at radius 2 is 2.39 bits per heavy atom. The fourth-order valence-corrected chi connectivity index (χ4v) is 2.28. The van der Waals surface area contributed by atoms with E-state index < -0.39 is 4.92 Å². The molecule has 18 heavy (non-hydrogen) atoms. The largest absolute Gasteiger partial charge is 0.394 e. The van der Waals surface area contributed by atoms with Gasteiger partial charge in [0.2, 0.25) is 0 Å². The smallest absolute Gasteiger partial charge is 0.310 e. The monoisotopic (exact) mass is 272 g/mol. The second kappa shape index (κ2) is 5.51. The van der Waals surface area contributed by atoms with E-state index in [4.69, 9.17) is 16.3 Å². The zero-order chi connectivity index (χ0) is 13.1. The summed E-state index contributed by atoms with van der Waals surface area (Å²) in [7, 11) is 0. The van der Waals surface area contributed by atoms with Crippen LogP contribution in [0.1, 0.15) is 0 Å². The van der Waals surface area contributed by atoms with Crippen LogP contribution in [0, 0.1) is 10.1 Å². The van der Waals surface area contributed by atoms with Crippen LogP contribution in [-0.4, -0.2) is 42.4 Å². The predicted octanol–water partition coefficient (Wildman–Crippen LogP) is 1.45. The van der Waals surface area contributed by atoms with Gasteiger partial charge in [-0.3, -0.25) is 10.1 Å². The number of aliphatic hydroxyl groups excluding tert-OH is 1. The van der Waals surface area contributed by atoms with Gasteiger partial charge in [0, 0.05) is 6.54 Å². The van der Waals surface area contributed by atoms with E-state index in [0.29, 0.717) is 25.4 Å². The van der Waals surface area contributed by atoms with Crippen LogP contribution in [-0.2, 0) is 4.74 Å². The number of morpholine rings is 1. The summed E-state index contributed by atoms with van der Waals surface area (Å²) in [6.07, 6.45) is 0. The van der Waals surface area contributed by atoms with Crippen LogP contribution in [0.5, 0.6) is 0 Å². The lowest BCUT2D eigenvalue weighted by Gasteiger charge is -2.35. The van der Waals surface area contributed by atoms with E-state index in [1.54, 1.807) is 17.0 Å². The van der Waals surface area contributed by atoms with Crippen molar-refractivity contribution in [3.63, 3.8) is 0 Å². The van der Waals surface area contributed by atoms with Gasteiger partial charge in [-0.2, -0.15) is 0 Å². The maximum atomic E-state index is 11.1.